The minimum atomic E-state index is -0.833. The van der Waals surface area contributed by atoms with E-state index in [-0.39, 0.29) is 11.8 Å². The highest BCUT2D eigenvalue weighted by atomic mass is 16.4. The molecule has 0 radical (unpaired) electrons. The van der Waals surface area contributed by atoms with Gasteiger partial charge < -0.3 is 53.8 Å². The number of carbonyl (C=O) groups excluding carboxylic acids is 2. The lowest BCUT2D eigenvalue weighted by Gasteiger charge is -2.00. The smallest absolute Gasteiger partial charge is 0.300 e. The summed E-state index contributed by atoms with van der Waals surface area (Å²) in [5, 5.41) is 40.1. The van der Waals surface area contributed by atoms with Crippen LogP contribution in [0.2, 0.25) is 0 Å². The van der Waals surface area contributed by atoms with Gasteiger partial charge in [-0.3, -0.25) is 33.6 Å². The summed E-state index contributed by atoms with van der Waals surface area (Å²) < 4.78 is 0. The molecule has 17 heteroatoms. The summed E-state index contributed by atoms with van der Waals surface area (Å²) >= 11 is 0. The Morgan fingerprint density at radius 3 is 0.630 bits per heavy atom. The van der Waals surface area contributed by atoms with Crippen molar-refractivity contribution < 1.29 is 59.1 Å². The van der Waals surface area contributed by atoms with Crippen LogP contribution in [-0.2, 0) is 33.6 Å². The van der Waals surface area contributed by atoms with Gasteiger partial charge in [0, 0.05) is 99.3 Å². The first-order valence-corrected chi connectivity index (χ1v) is 30.2. The molecule has 14 N–H and O–H groups in total. The molecule has 0 unspecified atom stereocenters. The van der Waals surface area contributed by atoms with E-state index in [4.69, 9.17) is 72.4 Å². The predicted molar refractivity (Wildman–Crippen MR) is 334 cm³/mol. The van der Waals surface area contributed by atoms with Crippen molar-refractivity contribution >= 4 is 41.7 Å². The summed E-state index contributed by atoms with van der Waals surface area (Å²) in [7, 11) is 0. The van der Waals surface area contributed by atoms with Gasteiger partial charge in [0.25, 0.3) is 29.8 Å². The first kappa shape index (κ1) is 91.9. The quantitative estimate of drug-likeness (QED) is 0.0201. The molecule has 0 aliphatic heterocycles. The largest absolute Gasteiger partial charge is 0.481 e. The van der Waals surface area contributed by atoms with Crippen LogP contribution in [0.15, 0.2) is 0 Å². The van der Waals surface area contributed by atoms with Gasteiger partial charge >= 0.3 is 0 Å². The molecular formula is C64H119N5O12. The SMILES string of the molecule is CC(=O)O.CC(=O)O.CC(=O)O.CC(=O)O.CC(=O)O.CCCCCCCCCCCCC#CC#CCCCCCCCCC(N)=O.CCCCCCCCCCCCC#CC#CCCCCCCCCC(N)=O.NCCNCCN. The number of amides is 2. The maximum atomic E-state index is 10.6. The van der Waals surface area contributed by atoms with Gasteiger partial charge in [0.15, 0.2) is 0 Å². The number of unbranched alkanes of at least 4 members (excludes halogenated alkanes) is 32. The van der Waals surface area contributed by atoms with E-state index in [1.807, 2.05) is 0 Å². The van der Waals surface area contributed by atoms with E-state index >= 15 is 0 Å². The normalized spacial score (nSPS) is 9.00. The maximum absolute atomic E-state index is 10.6. The number of hydrogen-bond donors (Lipinski definition) is 10. The lowest BCUT2D eigenvalue weighted by molar-refractivity contribution is -0.135. The highest BCUT2D eigenvalue weighted by Crippen LogP contribution is 2.13. The number of hydrogen-bond acceptors (Lipinski definition) is 10. The molecule has 17 nitrogen and oxygen atoms in total. The molecule has 472 valence electrons. The van der Waals surface area contributed by atoms with E-state index in [1.165, 1.54) is 167 Å². The number of carboxylic acid groups (broad SMARTS) is 5. The average molecular weight is 1150 g/mol. The van der Waals surface area contributed by atoms with Crippen molar-refractivity contribution in [3.8, 4) is 47.4 Å². The highest BCUT2D eigenvalue weighted by molar-refractivity contribution is 5.73. The Bertz CT molecular complexity index is 1480. The third-order valence-corrected chi connectivity index (χ3v) is 10.4. The molecule has 0 fully saturated rings. The van der Waals surface area contributed by atoms with E-state index < -0.39 is 29.8 Å². The molecule has 0 saturated heterocycles. The predicted octanol–water partition coefficient (Wildman–Crippen LogP) is 12.8. The number of rotatable bonds is 40. The third-order valence-electron chi connectivity index (χ3n) is 10.4. The van der Waals surface area contributed by atoms with Crippen molar-refractivity contribution in [1.82, 2.24) is 5.32 Å². The van der Waals surface area contributed by atoms with Crippen LogP contribution in [0.5, 0.6) is 0 Å². The van der Waals surface area contributed by atoms with Crippen molar-refractivity contribution in [1.29, 1.82) is 0 Å². The molecule has 0 aliphatic rings. The Hall–Kier alpha value is -5.59. The second-order valence-electron chi connectivity index (χ2n) is 19.2. The fourth-order valence-electron chi connectivity index (χ4n) is 6.60. The number of aliphatic carboxylic acids is 5. The number of nitrogens with two attached hydrogens (primary N) is 4. The molecule has 0 heterocycles. The van der Waals surface area contributed by atoms with Crippen molar-refractivity contribution in [3.05, 3.63) is 0 Å². The fraction of sp³-hybridized carbons (Fsp3) is 0.766. The van der Waals surface area contributed by atoms with Crippen LogP contribution in [0.3, 0.4) is 0 Å². The van der Waals surface area contributed by atoms with Gasteiger partial charge in [-0.15, -0.1) is 0 Å². The number of primary amides is 2. The van der Waals surface area contributed by atoms with Crippen LogP contribution in [-0.4, -0.2) is 93.4 Å². The van der Waals surface area contributed by atoms with E-state index in [0.29, 0.717) is 25.9 Å². The summed E-state index contributed by atoms with van der Waals surface area (Å²) in [6.45, 7) is 13.1. The summed E-state index contributed by atoms with van der Waals surface area (Å²) in [6, 6.07) is 0. The standard InChI is InChI=1S/2C25H43NO.C4H13N3.5C2H4O2/c2*1-2-3-4-5-6-7-8-9-10-11-12-13-14-15-16-17-18-19-20-21-22-23-24-25(26)27;5-1-3-7-4-2-6;5*1-2(3)4/h2*2-12,17-24H2,1H3,(H2,26,27);7H,1-6H2;5*1H3,(H,3,4). The van der Waals surface area contributed by atoms with Gasteiger partial charge in [0.2, 0.25) is 11.8 Å². The lowest BCUT2D eigenvalue weighted by Crippen LogP contribution is -2.27. The summed E-state index contributed by atoms with van der Waals surface area (Å²) in [5.74, 6) is 20.1. The topological polar surface area (TPSA) is 337 Å². The third kappa shape index (κ3) is 181. The Kier molecular flexibility index (Phi) is 103. The molecule has 0 bridgehead atoms. The van der Waals surface area contributed by atoms with E-state index in [2.05, 4.69) is 66.5 Å². The van der Waals surface area contributed by atoms with Crippen LogP contribution >= 0.6 is 0 Å². The molecule has 0 aromatic carbocycles. The minimum Gasteiger partial charge on any atom is -0.481 e. The zero-order valence-corrected chi connectivity index (χ0v) is 52.1. The molecule has 2 amide bonds. The number of carbonyl (C=O) groups is 7. The second-order valence-corrected chi connectivity index (χ2v) is 19.2. The van der Waals surface area contributed by atoms with Gasteiger partial charge in [-0.25, -0.2) is 0 Å². The highest BCUT2D eigenvalue weighted by Gasteiger charge is 1.97. The zero-order valence-electron chi connectivity index (χ0n) is 52.1. The zero-order chi connectivity index (χ0) is 63.1. The van der Waals surface area contributed by atoms with Crippen molar-refractivity contribution in [2.75, 3.05) is 26.2 Å². The Morgan fingerprint density at radius 2 is 0.469 bits per heavy atom. The monoisotopic (exact) mass is 1150 g/mol. The molecule has 0 spiro atoms. The van der Waals surface area contributed by atoms with Gasteiger partial charge in [-0.2, -0.15) is 0 Å². The van der Waals surface area contributed by atoms with Gasteiger partial charge in [0.1, 0.15) is 0 Å². The van der Waals surface area contributed by atoms with Crippen LogP contribution in [0.1, 0.15) is 292 Å². The maximum Gasteiger partial charge on any atom is 0.300 e. The van der Waals surface area contributed by atoms with E-state index in [0.717, 1.165) is 112 Å². The fourth-order valence-corrected chi connectivity index (χ4v) is 6.60. The van der Waals surface area contributed by atoms with Gasteiger partial charge in [-0.05, 0) is 62.2 Å². The summed E-state index contributed by atoms with van der Waals surface area (Å²) in [6.07, 6.45) is 46.1. The van der Waals surface area contributed by atoms with Gasteiger partial charge in [-0.1, -0.05) is 204 Å². The first-order chi connectivity index (χ1) is 38.6. The Labute approximate surface area is 493 Å². The van der Waals surface area contributed by atoms with Gasteiger partial charge in [0.05, 0.1) is 0 Å². The van der Waals surface area contributed by atoms with Crippen LogP contribution < -0.4 is 28.3 Å². The lowest BCUT2D eigenvalue weighted by atomic mass is 10.1. The summed E-state index contributed by atoms with van der Waals surface area (Å²) in [4.78, 5) is 66.2. The van der Waals surface area contributed by atoms with Crippen LogP contribution in [0.4, 0.5) is 0 Å². The van der Waals surface area contributed by atoms with Crippen LogP contribution in [0, 0.1) is 47.4 Å². The number of nitrogens with one attached hydrogen (secondary N) is 1. The minimum absolute atomic E-state index is 0.181. The first-order valence-electron chi connectivity index (χ1n) is 30.2. The van der Waals surface area contributed by atoms with Crippen molar-refractivity contribution in [3.63, 3.8) is 0 Å². The van der Waals surface area contributed by atoms with Crippen molar-refractivity contribution in [2.24, 2.45) is 22.9 Å². The molecule has 81 heavy (non-hydrogen) atoms. The average Bonchev–Trinajstić information content (AvgIpc) is 3.36. The van der Waals surface area contributed by atoms with Crippen molar-refractivity contribution in [2.45, 2.75) is 292 Å². The molecule has 0 aliphatic carbocycles. The summed E-state index contributed by atoms with van der Waals surface area (Å²) in [5.41, 5.74) is 20.6. The molecular weight excluding hydrogens is 1030 g/mol. The van der Waals surface area contributed by atoms with E-state index in [1.54, 1.807) is 0 Å². The molecule has 0 saturated carbocycles. The number of carboxylic acids is 5. The molecule has 0 aromatic heterocycles. The molecule has 0 aromatic rings. The molecule has 0 atom stereocenters. The molecule has 0 rings (SSSR count). The Morgan fingerprint density at radius 1 is 0.309 bits per heavy atom. The second kappa shape index (κ2) is 90.9. The van der Waals surface area contributed by atoms with Crippen LogP contribution in [0.25, 0.3) is 0 Å². The van der Waals surface area contributed by atoms with E-state index in [9.17, 15) is 9.59 Å². The Balaban J connectivity index is -0.000000151.